The molecule has 0 rings (SSSR count). The second kappa shape index (κ2) is 5.40. The van der Waals surface area contributed by atoms with E-state index in [-0.39, 0.29) is 0 Å². The van der Waals surface area contributed by atoms with E-state index < -0.39 is 0 Å². The molecule has 0 saturated heterocycles. The molecule has 1 nitrogen and oxygen atoms in total. The Balaban J connectivity index is 3.35. The second-order valence-electron chi connectivity index (χ2n) is 2.00. The number of terminal acetylenes is 1. The Hall–Kier alpha value is -0.740. The zero-order valence-corrected chi connectivity index (χ0v) is 5.85. The van der Waals surface area contributed by atoms with E-state index in [0.717, 1.165) is 12.8 Å². The van der Waals surface area contributed by atoms with E-state index in [9.17, 15) is 0 Å². The van der Waals surface area contributed by atoms with Gasteiger partial charge in [0.15, 0.2) is 0 Å². The molecule has 0 aliphatic rings. The van der Waals surface area contributed by atoms with E-state index in [4.69, 9.17) is 12.2 Å². The highest BCUT2D eigenvalue weighted by Crippen LogP contribution is 1.94. The minimum atomic E-state index is 0.643. The molecule has 1 heteroatoms. The van der Waals surface area contributed by atoms with Crippen LogP contribution in [0, 0.1) is 12.3 Å². The van der Waals surface area contributed by atoms with Gasteiger partial charge in [-0.3, -0.25) is 0 Å². The van der Waals surface area contributed by atoms with Gasteiger partial charge in [-0.25, -0.2) is 0 Å². The Kier molecular flexibility index (Phi) is 4.95. The Bertz CT molecular complexity index is 128. The van der Waals surface area contributed by atoms with Crippen LogP contribution in [0.25, 0.3) is 0 Å². The van der Waals surface area contributed by atoms with Gasteiger partial charge in [0, 0.05) is 13.0 Å². The minimum Gasteiger partial charge on any atom is -0.327 e. The van der Waals surface area contributed by atoms with Crippen LogP contribution in [0.1, 0.15) is 19.8 Å². The van der Waals surface area contributed by atoms with Gasteiger partial charge in [-0.15, -0.1) is 12.3 Å². The van der Waals surface area contributed by atoms with Crippen LogP contribution in [0.4, 0.5) is 0 Å². The van der Waals surface area contributed by atoms with Crippen LogP contribution in [0.15, 0.2) is 11.6 Å². The zero-order valence-electron chi connectivity index (χ0n) is 5.85. The molecule has 0 aliphatic carbocycles. The molecule has 0 aromatic heterocycles. The topological polar surface area (TPSA) is 26.0 Å². The third-order valence-electron chi connectivity index (χ3n) is 1.10. The van der Waals surface area contributed by atoms with E-state index in [0.29, 0.717) is 6.54 Å². The van der Waals surface area contributed by atoms with Crippen molar-refractivity contribution in [3.8, 4) is 12.3 Å². The first kappa shape index (κ1) is 8.26. The predicted molar refractivity (Wildman–Crippen MR) is 40.9 cm³/mol. The molecule has 0 aliphatic heterocycles. The molecule has 0 aromatic carbocycles. The number of rotatable bonds is 3. The van der Waals surface area contributed by atoms with Gasteiger partial charge in [-0.2, -0.15) is 0 Å². The highest BCUT2D eigenvalue weighted by molar-refractivity contribution is 5.00. The average molecular weight is 123 g/mol. The molecular formula is C8H13N. The summed E-state index contributed by atoms with van der Waals surface area (Å²) in [6.45, 7) is 2.65. The molecule has 0 fully saturated rings. The molecule has 9 heavy (non-hydrogen) atoms. The van der Waals surface area contributed by atoms with Gasteiger partial charge in [0.1, 0.15) is 0 Å². The van der Waals surface area contributed by atoms with Crippen LogP contribution in [-0.2, 0) is 0 Å². The maximum absolute atomic E-state index is 5.33. The lowest BCUT2D eigenvalue weighted by Gasteiger charge is -1.91. The largest absolute Gasteiger partial charge is 0.327 e. The second-order valence-corrected chi connectivity index (χ2v) is 2.00. The van der Waals surface area contributed by atoms with Gasteiger partial charge in [0.25, 0.3) is 0 Å². The van der Waals surface area contributed by atoms with Gasteiger partial charge in [0.2, 0.25) is 0 Å². The standard InChI is InChI=1S/C8H13N/c1-3-4-5-6-8(2)7-9/h1,6H,4-5,7,9H2,2H3. The summed E-state index contributed by atoms with van der Waals surface area (Å²) in [5.74, 6) is 2.56. The van der Waals surface area contributed by atoms with Crippen molar-refractivity contribution in [2.75, 3.05) is 6.54 Å². The summed E-state index contributed by atoms with van der Waals surface area (Å²) in [6, 6.07) is 0. The van der Waals surface area contributed by atoms with E-state index in [2.05, 4.69) is 12.0 Å². The fourth-order valence-corrected chi connectivity index (χ4v) is 0.485. The lowest BCUT2D eigenvalue weighted by molar-refractivity contribution is 1.03. The molecule has 0 spiro atoms. The molecule has 0 atom stereocenters. The highest BCUT2D eigenvalue weighted by atomic mass is 14.5. The Morgan fingerprint density at radius 1 is 1.78 bits per heavy atom. The minimum absolute atomic E-state index is 0.643. The Morgan fingerprint density at radius 2 is 2.44 bits per heavy atom. The van der Waals surface area contributed by atoms with Gasteiger partial charge in [-0.05, 0) is 13.3 Å². The van der Waals surface area contributed by atoms with Gasteiger partial charge in [-0.1, -0.05) is 11.6 Å². The van der Waals surface area contributed by atoms with Crippen LogP contribution in [0.5, 0.6) is 0 Å². The molecule has 0 aromatic rings. The van der Waals surface area contributed by atoms with Gasteiger partial charge < -0.3 is 5.73 Å². The molecule has 0 heterocycles. The first-order valence-electron chi connectivity index (χ1n) is 3.10. The summed E-state index contributed by atoms with van der Waals surface area (Å²) < 4.78 is 0. The van der Waals surface area contributed by atoms with Crippen molar-refractivity contribution in [1.82, 2.24) is 0 Å². The number of nitrogens with two attached hydrogens (primary N) is 1. The number of allylic oxidation sites excluding steroid dienone is 1. The summed E-state index contributed by atoms with van der Waals surface area (Å²) in [7, 11) is 0. The van der Waals surface area contributed by atoms with Crippen LogP contribution >= 0.6 is 0 Å². The van der Waals surface area contributed by atoms with Crippen molar-refractivity contribution in [2.24, 2.45) is 5.73 Å². The summed E-state index contributed by atoms with van der Waals surface area (Å²) in [4.78, 5) is 0. The molecule has 0 unspecified atom stereocenters. The number of hydrogen-bond donors (Lipinski definition) is 1. The third kappa shape index (κ3) is 5.13. The molecule has 0 bridgehead atoms. The van der Waals surface area contributed by atoms with Crippen LogP contribution < -0.4 is 5.73 Å². The molecule has 50 valence electrons. The summed E-state index contributed by atoms with van der Waals surface area (Å²) in [5.41, 5.74) is 6.55. The van der Waals surface area contributed by atoms with E-state index in [1.54, 1.807) is 0 Å². The average Bonchev–Trinajstić information content (AvgIpc) is 1.89. The molecule has 0 saturated carbocycles. The molecule has 0 amide bonds. The summed E-state index contributed by atoms with van der Waals surface area (Å²) in [5, 5.41) is 0. The lowest BCUT2D eigenvalue weighted by atomic mass is 10.2. The normalized spacial score (nSPS) is 11.0. The quantitative estimate of drug-likeness (QED) is 0.342. The van der Waals surface area contributed by atoms with E-state index in [1.807, 2.05) is 6.92 Å². The van der Waals surface area contributed by atoms with Crippen LogP contribution in [0.3, 0.4) is 0 Å². The van der Waals surface area contributed by atoms with Crippen LogP contribution in [0.2, 0.25) is 0 Å². The van der Waals surface area contributed by atoms with Crippen molar-refractivity contribution < 1.29 is 0 Å². The van der Waals surface area contributed by atoms with E-state index >= 15 is 0 Å². The first-order valence-corrected chi connectivity index (χ1v) is 3.10. The Morgan fingerprint density at radius 3 is 2.89 bits per heavy atom. The van der Waals surface area contributed by atoms with Crippen molar-refractivity contribution in [3.63, 3.8) is 0 Å². The lowest BCUT2D eigenvalue weighted by Crippen LogP contribution is -1.99. The molecular weight excluding hydrogens is 110 g/mol. The van der Waals surface area contributed by atoms with Crippen molar-refractivity contribution in [2.45, 2.75) is 19.8 Å². The van der Waals surface area contributed by atoms with E-state index in [1.165, 1.54) is 5.57 Å². The maximum Gasteiger partial charge on any atom is 0.0134 e. The summed E-state index contributed by atoms with van der Waals surface area (Å²) in [6.07, 6.45) is 8.90. The van der Waals surface area contributed by atoms with Crippen molar-refractivity contribution in [1.29, 1.82) is 0 Å². The fourth-order valence-electron chi connectivity index (χ4n) is 0.485. The summed E-state index contributed by atoms with van der Waals surface area (Å²) >= 11 is 0. The first-order chi connectivity index (χ1) is 4.31. The highest BCUT2D eigenvalue weighted by Gasteiger charge is 1.81. The smallest absolute Gasteiger partial charge is 0.0134 e. The molecule has 2 N–H and O–H groups in total. The van der Waals surface area contributed by atoms with Crippen molar-refractivity contribution in [3.05, 3.63) is 11.6 Å². The number of unbranched alkanes of at least 4 members (excludes halogenated alkanes) is 1. The monoisotopic (exact) mass is 123 g/mol. The third-order valence-corrected chi connectivity index (χ3v) is 1.10. The zero-order chi connectivity index (χ0) is 7.11. The maximum atomic E-state index is 5.33. The van der Waals surface area contributed by atoms with Crippen molar-refractivity contribution >= 4 is 0 Å². The SMILES string of the molecule is C#CCCC=C(C)CN. The molecule has 0 radical (unpaired) electrons. The van der Waals surface area contributed by atoms with Gasteiger partial charge >= 0.3 is 0 Å². The van der Waals surface area contributed by atoms with Crippen LogP contribution in [-0.4, -0.2) is 6.54 Å². The fraction of sp³-hybridized carbons (Fsp3) is 0.500. The Labute approximate surface area is 56.9 Å². The number of hydrogen-bond acceptors (Lipinski definition) is 1. The predicted octanol–water partition coefficient (Wildman–Crippen LogP) is 1.30. The van der Waals surface area contributed by atoms with Gasteiger partial charge in [0.05, 0.1) is 0 Å².